The molecule has 0 N–H and O–H groups in total. The Morgan fingerprint density at radius 2 is 1.60 bits per heavy atom. The summed E-state index contributed by atoms with van der Waals surface area (Å²) in [4.78, 5) is 9.76. The highest BCUT2D eigenvalue weighted by atomic mass is 32.2. The van der Waals surface area contributed by atoms with Gasteiger partial charge in [0.25, 0.3) is 10.0 Å². The third kappa shape index (κ3) is 4.07. The number of rotatable bonds is 6. The first kappa shape index (κ1) is 25.5. The first-order valence-electron chi connectivity index (χ1n) is 13.1. The van der Waals surface area contributed by atoms with Crippen LogP contribution in [0.5, 0.6) is 0 Å². The van der Waals surface area contributed by atoms with E-state index in [4.69, 9.17) is 9.97 Å². The number of aryl methyl sites for hydroxylation is 3. The zero-order chi connectivity index (χ0) is 28.0. The third-order valence-electron chi connectivity index (χ3n) is 7.22. The number of nitrogens with zero attached hydrogens (tertiary/aromatic N) is 5. The van der Waals surface area contributed by atoms with Crippen LogP contribution in [0.2, 0.25) is 0 Å². The second kappa shape index (κ2) is 9.78. The van der Waals surface area contributed by atoms with E-state index < -0.39 is 10.0 Å². The van der Waals surface area contributed by atoms with Gasteiger partial charge in [-0.3, -0.25) is 0 Å². The van der Waals surface area contributed by atoms with Gasteiger partial charge in [0.1, 0.15) is 23.1 Å². The normalized spacial score (nSPS) is 11.8. The molecule has 6 rings (SSSR count). The first-order chi connectivity index (χ1) is 19.3. The number of aromatic nitrogens is 4. The Bertz CT molecular complexity index is 2050. The first-order valence-corrected chi connectivity index (χ1v) is 14.5. The van der Waals surface area contributed by atoms with Crippen LogP contribution in [0, 0.1) is 25.2 Å². The molecule has 0 bridgehead atoms. The predicted octanol–water partition coefficient (Wildman–Crippen LogP) is 6.39. The lowest BCUT2D eigenvalue weighted by molar-refractivity contribution is 0.588. The number of fused-ring (bicyclic) bond motifs is 2. The summed E-state index contributed by atoms with van der Waals surface area (Å²) in [6.45, 7) is 6.74. The number of hydrogen-bond donors (Lipinski definition) is 0. The van der Waals surface area contributed by atoms with E-state index in [0.29, 0.717) is 23.0 Å². The van der Waals surface area contributed by atoms with Crippen LogP contribution in [-0.4, -0.2) is 26.9 Å². The van der Waals surface area contributed by atoms with Gasteiger partial charge in [-0.05, 0) is 54.8 Å². The van der Waals surface area contributed by atoms with Gasteiger partial charge < -0.3 is 4.57 Å². The molecule has 3 aromatic carbocycles. The van der Waals surface area contributed by atoms with E-state index in [1.807, 2.05) is 43.3 Å². The summed E-state index contributed by atoms with van der Waals surface area (Å²) in [5.74, 6) is 0.973. The molecule has 0 aliphatic rings. The molecule has 198 valence electrons. The fraction of sp³-hybridized carbons (Fsp3) is 0.156. The molecule has 8 heteroatoms. The van der Waals surface area contributed by atoms with E-state index in [1.54, 1.807) is 42.5 Å². The predicted molar refractivity (Wildman–Crippen MR) is 157 cm³/mol. The molecule has 0 fully saturated rings. The SMILES string of the molecule is CCc1nc2c(C)cc(C)nc2n1Cc1ccc(-c2c(C#N)n(S(=O)(=O)c3ccccc3)c3ccccc23)cc1. The Hall–Kier alpha value is -4.74. The van der Waals surface area contributed by atoms with E-state index in [2.05, 4.69) is 30.6 Å². The van der Waals surface area contributed by atoms with E-state index >= 15 is 0 Å². The number of benzene rings is 3. The lowest BCUT2D eigenvalue weighted by Gasteiger charge is -2.10. The minimum absolute atomic E-state index is 0.0850. The summed E-state index contributed by atoms with van der Waals surface area (Å²) >= 11 is 0. The molecule has 0 saturated carbocycles. The third-order valence-corrected chi connectivity index (χ3v) is 8.95. The number of nitriles is 1. The van der Waals surface area contributed by atoms with E-state index in [0.717, 1.165) is 45.8 Å². The Kier molecular flexibility index (Phi) is 6.24. The van der Waals surface area contributed by atoms with Crippen LogP contribution in [0.3, 0.4) is 0 Å². The summed E-state index contributed by atoms with van der Waals surface area (Å²) in [7, 11) is -4.00. The molecule has 0 unspecified atom stereocenters. The fourth-order valence-corrected chi connectivity index (χ4v) is 6.90. The van der Waals surface area contributed by atoms with Crippen LogP contribution in [0.4, 0.5) is 0 Å². The zero-order valence-corrected chi connectivity index (χ0v) is 23.3. The highest BCUT2D eigenvalue weighted by Gasteiger charge is 2.27. The lowest BCUT2D eigenvalue weighted by atomic mass is 10.0. The maximum Gasteiger partial charge on any atom is 0.269 e. The van der Waals surface area contributed by atoms with Gasteiger partial charge in [-0.15, -0.1) is 0 Å². The average Bonchev–Trinajstić information content (AvgIpc) is 3.50. The highest BCUT2D eigenvalue weighted by Crippen LogP contribution is 2.37. The van der Waals surface area contributed by atoms with E-state index in [1.165, 1.54) is 3.97 Å². The molecule has 0 aliphatic carbocycles. The smallest absolute Gasteiger partial charge is 0.269 e. The average molecular weight is 546 g/mol. The maximum absolute atomic E-state index is 13.7. The maximum atomic E-state index is 13.7. The van der Waals surface area contributed by atoms with Gasteiger partial charge in [-0.1, -0.05) is 67.6 Å². The van der Waals surface area contributed by atoms with Gasteiger partial charge >= 0.3 is 0 Å². The molecule has 0 amide bonds. The minimum Gasteiger partial charge on any atom is -0.308 e. The molecular weight excluding hydrogens is 518 g/mol. The topological polar surface area (TPSA) is 93.6 Å². The Balaban J connectivity index is 1.46. The molecule has 40 heavy (non-hydrogen) atoms. The van der Waals surface area contributed by atoms with Gasteiger partial charge in [0.2, 0.25) is 0 Å². The summed E-state index contributed by atoms with van der Waals surface area (Å²) in [6, 6.07) is 27.6. The summed E-state index contributed by atoms with van der Waals surface area (Å²) < 4.78 is 30.8. The summed E-state index contributed by atoms with van der Waals surface area (Å²) in [5, 5.41) is 11.0. The van der Waals surface area contributed by atoms with Crippen molar-refractivity contribution in [1.29, 1.82) is 5.26 Å². The van der Waals surface area contributed by atoms with Crippen molar-refractivity contribution >= 4 is 32.1 Å². The van der Waals surface area contributed by atoms with Crippen molar-refractivity contribution in [3.63, 3.8) is 0 Å². The summed E-state index contributed by atoms with van der Waals surface area (Å²) in [5.41, 5.74) is 6.83. The minimum atomic E-state index is -4.00. The van der Waals surface area contributed by atoms with Crippen molar-refractivity contribution in [1.82, 2.24) is 18.5 Å². The zero-order valence-electron chi connectivity index (χ0n) is 22.5. The van der Waals surface area contributed by atoms with Crippen molar-refractivity contribution in [3.8, 4) is 17.2 Å². The second-order valence-electron chi connectivity index (χ2n) is 9.85. The largest absolute Gasteiger partial charge is 0.308 e. The van der Waals surface area contributed by atoms with Crippen LogP contribution >= 0.6 is 0 Å². The van der Waals surface area contributed by atoms with E-state index in [9.17, 15) is 13.7 Å². The molecule has 7 nitrogen and oxygen atoms in total. The second-order valence-corrected chi connectivity index (χ2v) is 11.6. The Morgan fingerprint density at radius 3 is 2.30 bits per heavy atom. The van der Waals surface area contributed by atoms with Crippen molar-refractivity contribution < 1.29 is 8.42 Å². The van der Waals surface area contributed by atoms with Gasteiger partial charge in [-0.25, -0.2) is 22.4 Å². The number of pyridine rings is 1. The van der Waals surface area contributed by atoms with Crippen molar-refractivity contribution in [2.45, 2.75) is 38.6 Å². The lowest BCUT2D eigenvalue weighted by Crippen LogP contribution is -2.14. The van der Waals surface area contributed by atoms with Crippen molar-refractivity contribution in [2.24, 2.45) is 0 Å². The molecule has 0 saturated heterocycles. The number of hydrogen-bond acceptors (Lipinski definition) is 5. The Morgan fingerprint density at radius 1 is 0.900 bits per heavy atom. The van der Waals surface area contributed by atoms with Crippen LogP contribution in [0.15, 0.2) is 89.8 Å². The molecule has 0 atom stereocenters. The quantitative estimate of drug-likeness (QED) is 0.242. The monoisotopic (exact) mass is 545 g/mol. The van der Waals surface area contributed by atoms with E-state index in [-0.39, 0.29) is 10.6 Å². The standard InChI is InChI=1S/C32H27N5O2S/c1-4-29-35-31-21(2)18-22(3)34-32(31)36(29)20-23-14-16-24(17-15-23)30-26-12-8-9-13-27(26)37(28(30)19-33)40(38,39)25-10-6-5-7-11-25/h5-18H,4,20H2,1-3H3. The van der Waals surface area contributed by atoms with Crippen molar-refractivity contribution in [2.75, 3.05) is 0 Å². The van der Waals surface area contributed by atoms with Gasteiger partial charge in [0.15, 0.2) is 5.65 Å². The number of para-hydroxylation sites is 1. The van der Waals surface area contributed by atoms with Crippen molar-refractivity contribution in [3.05, 3.63) is 113 Å². The van der Waals surface area contributed by atoms with Gasteiger partial charge in [0.05, 0.1) is 17.0 Å². The van der Waals surface area contributed by atoms with Crippen LogP contribution in [0.1, 0.15) is 35.3 Å². The van der Waals surface area contributed by atoms with Gasteiger partial charge in [-0.2, -0.15) is 5.26 Å². The molecule has 3 aromatic heterocycles. The Labute approximate surface area is 233 Å². The van der Waals surface area contributed by atoms with Crippen LogP contribution in [0.25, 0.3) is 33.2 Å². The van der Waals surface area contributed by atoms with Crippen LogP contribution < -0.4 is 0 Å². The van der Waals surface area contributed by atoms with Crippen LogP contribution in [-0.2, 0) is 23.0 Å². The molecule has 6 aromatic rings. The number of imidazole rings is 1. The molecular formula is C32H27N5O2S. The molecule has 0 aliphatic heterocycles. The molecule has 0 radical (unpaired) electrons. The highest BCUT2D eigenvalue weighted by molar-refractivity contribution is 7.90. The molecule has 0 spiro atoms. The molecule has 3 heterocycles. The van der Waals surface area contributed by atoms with Gasteiger partial charge in [0, 0.05) is 23.1 Å². The summed E-state index contributed by atoms with van der Waals surface area (Å²) in [6.07, 6.45) is 0.786. The fourth-order valence-electron chi connectivity index (χ4n) is 5.40.